The number of ether oxygens (including phenoxy) is 1. The Balaban J connectivity index is 1.52. The third-order valence-corrected chi connectivity index (χ3v) is 3.99. The van der Waals surface area contributed by atoms with E-state index in [4.69, 9.17) is 4.74 Å². The molecule has 0 saturated carbocycles. The van der Waals surface area contributed by atoms with Gasteiger partial charge in [-0.05, 0) is 17.7 Å². The van der Waals surface area contributed by atoms with Crippen LogP contribution in [0.4, 0.5) is 4.39 Å². The number of hydrogen-bond acceptors (Lipinski definition) is 2. The average molecular weight is 349 g/mol. The van der Waals surface area contributed by atoms with Crippen molar-refractivity contribution in [2.24, 2.45) is 0 Å². The second-order valence-corrected chi connectivity index (χ2v) is 5.83. The Hall–Kier alpha value is -3.14. The first-order valence-electron chi connectivity index (χ1n) is 8.51. The predicted molar refractivity (Wildman–Crippen MR) is 100 cm³/mol. The van der Waals surface area contributed by atoms with Crippen molar-refractivity contribution < 1.29 is 13.9 Å². The number of carbonyl (C=O) groups is 1. The Bertz CT molecular complexity index is 865. The molecule has 0 unspecified atom stereocenters. The monoisotopic (exact) mass is 349 g/mol. The van der Waals surface area contributed by atoms with Crippen LogP contribution in [0.2, 0.25) is 0 Å². The van der Waals surface area contributed by atoms with Crippen LogP contribution >= 0.6 is 0 Å². The first kappa shape index (κ1) is 17.7. The summed E-state index contributed by atoms with van der Waals surface area (Å²) in [7, 11) is 0. The summed E-state index contributed by atoms with van der Waals surface area (Å²) in [6.45, 7) is 0.430. The van der Waals surface area contributed by atoms with Crippen LogP contribution in [0, 0.1) is 5.82 Å². The van der Waals surface area contributed by atoms with Gasteiger partial charge in [0.2, 0.25) is 5.91 Å². The van der Waals surface area contributed by atoms with E-state index in [9.17, 15) is 9.18 Å². The second-order valence-electron chi connectivity index (χ2n) is 5.83. The van der Waals surface area contributed by atoms with Crippen molar-refractivity contribution in [1.29, 1.82) is 0 Å². The quantitative estimate of drug-likeness (QED) is 0.678. The summed E-state index contributed by atoms with van der Waals surface area (Å²) in [5, 5.41) is 2.71. The summed E-state index contributed by atoms with van der Waals surface area (Å²) in [5.41, 5.74) is 2.52. The van der Waals surface area contributed by atoms with E-state index in [0.717, 1.165) is 16.9 Å². The number of para-hydroxylation sites is 1. The molecule has 0 fully saturated rings. The van der Waals surface area contributed by atoms with Crippen molar-refractivity contribution in [2.45, 2.75) is 13.0 Å². The van der Waals surface area contributed by atoms with Gasteiger partial charge in [0.1, 0.15) is 11.6 Å². The highest BCUT2D eigenvalue weighted by molar-refractivity contribution is 5.76. The maximum atomic E-state index is 13.5. The fourth-order valence-corrected chi connectivity index (χ4v) is 2.63. The molecule has 0 saturated heterocycles. The minimum absolute atomic E-state index is 0.173. The second kappa shape index (κ2) is 8.81. The van der Waals surface area contributed by atoms with Crippen LogP contribution in [0.25, 0.3) is 11.1 Å². The zero-order valence-corrected chi connectivity index (χ0v) is 14.3. The molecule has 3 rings (SSSR count). The van der Waals surface area contributed by atoms with Crippen molar-refractivity contribution >= 4 is 5.91 Å². The van der Waals surface area contributed by atoms with Gasteiger partial charge < -0.3 is 10.1 Å². The molecule has 4 heteroatoms. The van der Waals surface area contributed by atoms with E-state index in [1.165, 1.54) is 6.07 Å². The van der Waals surface area contributed by atoms with E-state index in [0.29, 0.717) is 5.56 Å². The van der Waals surface area contributed by atoms with Gasteiger partial charge >= 0.3 is 0 Å². The Kier molecular flexibility index (Phi) is 5.99. The van der Waals surface area contributed by atoms with Crippen LogP contribution < -0.4 is 10.1 Å². The lowest BCUT2D eigenvalue weighted by Gasteiger charge is -2.12. The molecule has 0 spiro atoms. The number of nitrogens with one attached hydrogen (secondary N) is 1. The molecule has 0 aromatic heterocycles. The molecule has 0 bridgehead atoms. The fourth-order valence-electron chi connectivity index (χ4n) is 2.63. The van der Waals surface area contributed by atoms with Crippen LogP contribution in [-0.4, -0.2) is 12.5 Å². The zero-order valence-electron chi connectivity index (χ0n) is 14.3. The first-order chi connectivity index (χ1) is 12.7. The summed E-state index contributed by atoms with van der Waals surface area (Å²) < 4.78 is 19.3. The highest BCUT2D eigenvalue weighted by atomic mass is 19.1. The third kappa shape index (κ3) is 4.70. The van der Waals surface area contributed by atoms with E-state index in [2.05, 4.69) is 5.32 Å². The van der Waals surface area contributed by atoms with Crippen LogP contribution in [0.5, 0.6) is 5.75 Å². The van der Waals surface area contributed by atoms with Crippen molar-refractivity contribution in [3.63, 3.8) is 0 Å². The molecule has 0 atom stereocenters. The van der Waals surface area contributed by atoms with Gasteiger partial charge in [-0.15, -0.1) is 0 Å². The maximum Gasteiger partial charge on any atom is 0.223 e. The number of halogens is 1. The van der Waals surface area contributed by atoms with Crippen molar-refractivity contribution in [2.75, 3.05) is 6.61 Å². The highest BCUT2D eigenvalue weighted by Gasteiger charge is 2.08. The molecule has 3 aromatic carbocycles. The molecule has 3 nitrogen and oxygen atoms in total. The number of rotatable bonds is 7. The SMILES string of the molecule is O=C(CCOc1ccccc1-c1ccccc1)NCc1ccccc1F. The van der Waals surface area contributed by atoms with Crippen LogP contribution in [0.15, 0.2) is 78.9 Å². The topological polar surface area (TPSA) is 38.3 Å². The lowest BCUT2D eigenvalue weighted by atomic mass is 10.1. The Morgan fingerprint density at radius 1 is 0.885 bits per heavy atom. The van der Waals surface area contributed by atoms with Crippen molar-refractivity contribution in [3.8, 4) is 16.9 Å². The molecule has 1 N–H and O–H groups in total. The number of hydrogen-bond donors (Lipinski definition) is 1. The minimum Gasteiger partial charge on any atom is -0.492 e. The maximum absolute atomic E-state index is 13.5. The molecule has 26 heavy (non-hydrogen) atoms. The van der Waals surface area contributed by atoms with Crippen LogP contribution in [0.1, 0.15) is 12.0 Å². The number of carbonyl (C=O) groups excluding carboxylic acids is 1. The molecular weight excluding hydrogens is 329 g/mol. The van der Waals surface area contributed by atoms with Gasteiger partial charge in [0.25, 0.3) is 0 Å². The van der Waals surface area contributed by atoms with Crippen molar-refractivity contribution in [3.05, 3.63) is 90.2 Å². The normalized spacial score (nSPS) is 10.3. The summed E-state index contributed by atoms with van der Waals surface area (Å²) >= 11 is 0. The van der Waals surface area contributed by atoms with Crippen LogP contribution in [-0.2, 0) is 11.3 Å². The molecule has 0 heterocycles. The minimum atomic E-state index is -0.319. The van der Waals surface area contributed by atoms with E-state index in [1.807, 2.05) is 54.6 Å². The summed E-state index contributed by atoms with van der Waals surface area (Å²) in [6, 6.07) is 24.1. The van der Waals surface area contributed by atoms with Gasteiger partial charge in [-0.2, -0.15) is 0 Å². The average Bonchev–Trinajstić information content (AvgIpc) is 2.68. The molecule has 0 aliphatic carbocycles. The van der Waals surface area contributed by atoms with Gasteiger partial charge in [-0.25, -0.2) is 4.39 Å². The Morgan fingerprint density at radius 2 is 1.58 bits per heavy atom. The molecule has 132 valence electrons. The summed E-state index contributed by atoms with van der Waals surface area (Å²) in [4.78, 5) is 12.0. The van der Waals surface area contributed by atoms with Gasteiger partial charge in [-0.1, -0.05) is 66.7 Å². The first-order valence-corrected chi connectivity index (χ1v) is 8.51. The molecular formula is C22H20FNO2. The third-order valence-electron chi connectivity index (χ3n) is 3.99. The predicted octanol–water partition coefficient (Wildman–Crippen LogP) is 4.58. The fraction of sp³-hybridized carbons (Fsp3) is 0.136. The lowest BCUT2D eigenvalue weighted by molar-refractivity contribution is -0.121. The van der Waals surface area contributed by atoms with Gasteiger partial charge in [-0.3, -0.25) is 4.79 Å². The van der Waals surface area contributed by atoms with Crippen LogP contribution in [0.3, 0.4) is 0 Å². The molecule has 1 amide bonds. The van der Waals surface area contributed by atoms with E-state index in [1.54, 1.807) is 18.2 Å². The molecule has 0 radical (unpaired) electrons. The van der Waals surface area contributed by atoms with E-state index in [-0.39, 0.29) is 31.3 Å². The largest absolute Gasteiger partial charge is 0.492 e. The molecule has 0 aliphatic rings. The lowest BCUT2D eigenvalue weighted by Crippen LogP contribution is -2.24. The standard InChI is InChI=1S/C22H20FNO2/c23-20-12-6-4-10-18(20)16-24-22(25)14-15-26-21-13-7-5-11-19(21)17-8-2-1-3-9-17/h1-13H,14-16H2,(H,24,25). The highest BCUT2D eigenvalue weighted by Crippen LogP contribution is 2.29. The van der Waals surface area contributed by atoms with Crippen molar-refractivity contribution in [1.82, 2.24) is 5.32 Å². The number of amides is 1. The zero-order chi connectivity index (χ0) is 18.2. The molecule has 3 aromatic rings. The smallest absolute Gasteiger partial charge is 0.223 e. The Labute approximate surface area is 152 Å². The van der Waals surface area contributed by atoms with E-state index >= 15 is 0 Å². The van der Waals surface area contributed by atoms with Gasteiger partial charge in [0.15, 0.2) is 0 Å². The summed E-state index contributed by atoms with van der Waals surface area (Å²) in [6.07, 6.45) is 0.206. The summed E-state index contributed by atoms with van der Waals surface area (Å²) in [5.74, 6) is 0.242. The van der Waals surface area contributed by atoms with Gasteiger partial charge in [0.05, 0.1) is 13.0 Å². The van der Waals surface area contributed by atoms with Gasteiger partial charge in [0, 0.05) is 17.7 Å². The number of benzene rings is 3. The Morgan fingerprint density at radius 3 is 2.38 bits per heavy atom. The molecule has 0 aliphatic heterocycles. The van der Waals surface area contributed by atoms with E-state index < -0.39 is 0 Å².